The van der Waals surface area contributed by atoms with Crippen LogP contribution >= 0.6 is 0 Å². The van der Waals surface area contributed by atoms with Crippen LogP contribution in [0.4, 0.5) is 5.69 Å². The molecule has 2 aliphatic rings. The lowest BCUT2D eigenvalue weighted by Crippen LogP contribution is -1.87. The first kappa shape index (κ1) is 18.4. The first-order valence-corrected chi connectivity index (χ1v) is 10.6. The molecule has 0 amide bonds. The fourth-order valence-electron chi connectivity index (χ4n) is 4.10. The number of rotatable bonds is 2. The van der Waals surface area contributed by atoms with Crippen LogP contribution in [-0.2, 0) is 0 Å². The zero-order valence-electron chi connectivity index (χ0n) is 17.6. The number of H-pyrrole nitrogens is 2. The van der Waals surface area contributed by atoms with Crippen molar-refractivity contribution in [1.82, 2.24) is 19.9 Å². The van der Waals surface area contributed by atoms with Gasteiger partial charge in [0, 0.05) is 40.4 Å². The van der Waals surface area contributed by atoms with Crippen LogP contribution in [0.5, 0.6) is 0 Å². The molecule has 0 radical (unpaired) electrons. The number of hydrogen-bond acceptors (Lipinski definition) is 3. The summed E-state index contributed by atoms with van der Waals surface area (Å²) < 4.78 is 0. The summed E-state index contributed by atoms with van der Waals surface area (Å²) >= 11 is 0. The van der Waals surface area contributed by atoms with E-state index >= 15 is 0 Å². The van der Waals surface area contributed by atoms with Gasteiger partial charge >= 0.3 is 0 Å². The monoisotopic (exact) mass is 415 g/mol. The largest absolute Gasteiger partial charge is 0.388 e. The van der Waals surface area contributed by atoms with Crippen LogP contribution in [0.3, 0.4) is 0 Å². The molecule has 3 N–H and O–H groups in total. The van der Waals surface area contributed by atoms with Gasteiger partial charge in [0.1, 0.15) is 0 Å². The third kappa shape index (κ3) is 3.50. The van der Waals surface area contributed by atoms with Gasteiger partial charge in [0.05, 0.1) is 22.8 Å². The minimum Gasteiger partial charge on any atom is -0.388 e. The molecule has 0 atom stereocenters. The molecule has 4 aromatic rings. The van der Waals surface area contributed by atoms with Crippen LogP contribution < -0.4 is 5.32 Å². The van der Waals surface area contributed by atoms with Gasteiger partial charge < -0.3 is 15.3 Å². The summed E-state index contributed by atoms with van der Waals surface area (Å²) in [7, 11) is 1.93. The van der Waals surface area contributed by atoms with Gasteiger partial charge in [-0.05, 0) is 84.5 Å². The normalized spacial score (nSPS) is 12.3. The Balaban J connectivity index is 1.66. The zero-order valence-corrected chi connectivity index (χ0v) is 17.6. The second-order valence-corrected chi connectivity index (χ2v) is 7.92. The second-order valence-electron chi connectivity index (χ2n) is 7.92. The lowest BCUT2D eigenvalue weighted by molar-refractivity contribution is 1.31. The maximum Gasteiger partial charge on any atom is 0.0658 e. The highest BCUT2D eigenvalue weighted by atomic mass is 14.8. The molecule has 0 saturated heterocycles. The van der Waals surface area contributed by atoms with E-state index in [1.165, 1.54) is 0 Å². The van der Waals surface area contributed by atoms with E-state index in [1.807, 2.05) is 37.4 Å². The smallest absolute Gasteiger partial charge is 0.0658 e. The maximum atomic E-state index is 4.79. The predicted octanol–water partition coefficient (Wildman–Crippen LogP) is 6.36. The number of aromatic amines is 2. The van der Waals surface area contributed by atoms with E-state index in [9.17, 15) is 0 Å². The summed E-state index contributed by atoms with van der Waals surface area (Å²) in [6, 6.07) is 23.0. The van der Waals surface area contributed by atoms with E-state index in [2.05, 4.69) is 75.9 Å². The topological polar surface area (TPSA) is 69.4 Å². The maximum absolute atomic E-state index is 4.79. The van der Waals surface area contributed by atoms with Crippen molar-refractivity contribution in [1.29, 1.82) is 0 Å². The minimum absolute atomic E-state index is 0.912. The third-order valence-corrected chi connectivity index (χ3v) is 5.63. The molecule has 0 unspecified atom stereocenters. The molecule has 0 aliphatic carbocycles. The van der Waals surface area contributed by atoms with E-state index in [1.54, 1.807) is 0 Å². The molecule has 0 fully saturated rings. The van der Waals surface area contributed by atoms with E-state index in [4.69, 9.17) is 9.97 Å². The average molecular weight is 416 g/mol. The lowest BCUT2D eigenvalue weighted by Gasteiger charge is -2.03. The van der Waals surface area contributed by atoms with Crippen LogP contribution in [0, 0.1) is 0 Å². The van der Waals surface area contributed by atoms with Gasteiger partial charge in [0.2, 0.25) is 0 Å². The number of benzene rings is 1. The Kier molecular flexibility index (Phi) is 4.25. The van der Waals surface area contributed by atoms with Crippen molar-refractivity contribution < 1.29 is 0 Å². The van der Waals surface area contributed by atoms with Crippen molar-refractivity contribution in [2.24, 2.45) is 0 Å². The molecule has 5 heteroatoms. The zero-order chi connectivity index (χ0) is 21.5. The Morgan fingerprint density at radius 2 is 1.25 bits per heavy atom. The Hall–Kier alpha value is -4.38. The van der Waals surface area contributed by atoms with Crippen molar-refractivity contribution >= 4 is 52.1 Å². The number of nitrogens with one attached hydrogen (secondary N) is 3. The molecule has 1 aromatic carbocycles. The third-order valence-electron chi connectivity index (χ3n) is 5.63. The fraction of sp³-hybridized carbons (Fsp3) is 0.0370. The van der Waals surface area contributed by atoms with Gasteiger partial charge in [-0.2, -0.15) is 0 Å². The summed E-state index contributed by atoms with van der Waals surface area (Å²) in [6.45, 7) is 0. The number of nitrogens with zero attached hydrogens (tertiary/aromatic N) is 2. The van der Waals surface area contributed by atoms with Gasteiger partial charge in [-0.1, -0.05) is 12.1 Å². The molecule has 5 nitrogen and oxygen atoms in total. The van der Waals surface area contributed by atoms with E-state index < -0.39 is 0 Å². The molecule has 5 heterocycles. The van der Waals surface area contributed by atoms with Crippen LogP contribution in [-0.4, -0.2) is 27.0 Å². The summed E-state index contributed by atoms with van der Waals surface area (Å²) in [4.78, 5) is 16.5. The molecular weight excluding hydrogens is 394 g/mol. The molecule has 0 spiro atoms. The lowest BCUT2D eigenvalue weighted by atomic mass is 10.1. The van der Waals surface area contributed by atoms with Crippen LogP contribution in [0.1, 0.15) is 22.8 Å². The molecule has 3 aromatic heterocycles. The standard InChI is InChI=1S/C27H21N5/c1-28-18-4-2-3-17(11-18)26-15-25-14-23-8-7-21(30-23)12-19-5-6-20(29-19)13-22-9-10-24(31-22)16-27(26)32-25/h2-16,28-29,32H,1H3. The molecule has 2 aliphatic heterocycles. The quantitative estimate of drug-likeness (QED) is 0.308. The predicted molar refractivity (Wildman–Crippen MR) is 134 cm³/mol. The van der Waals surface area contributed by atoms with Crippen molar-refractivity contribution in [2.45, 2.75) is 0 Å². The van der Waals surface area contributed by atoms with Gasteiger partial charge in [-0.15, -0.1) is 0 Å². The first-order valence-electron chi connectivity index (χ1n) is 10.6. The summed E-state index contributed by atoms with van der Waals surface area (Å²) in [5.74, 6) is 0. The van der Waals surface area contributed by atoms with Crippen molar-refractivity contribution in [3.05, 3.63) is 89.5 Å². The van der Waals surface area contributed by atoms with Gasteiger partial charge in [-0.3, -0.25) is 0 Å². The molecule has 8 bridgehead atoms. The van der Waals surface area contributed by atoms with E-state index in [-0.39, 0.29) is 0 Å². The van der Waals surface area contributed by atoms with Crippen LogP contribution in [0.2, 0.25) is 0 Å². The average Bonchev–Trinajstić information content (AvgIpc) is 3.59. The van der Waals surface area contributed by atoms with E-state index in [0.29, 0.717) is 0 Å². The van der Waals surface area contributed by atoms with Gasteiger partial charge in [0.25, 0.3) is 0 Å². The van der Waals surface area contributed by atoms with Crippen molar-refractivity contribution in [2.75, 3.05) is 12.4 Å². The Labute approximate surface area is 185 Å². The molecule has 154 valence electrons. The second kappa shape index (κ2) is 7.39. The highest BCUT2D eigenvalue weighted by Crippen LogP contribution is 2.29. The summed E-state index contributed by atoms with van der Waals surface area (Å²) in [5.41, 5.74) is 11.0. The highest BCUT2D eigenvalue weighted by Gasteiger charge is 2.07. The minimum atomic E-state index is 0.912. The van der Waals surface area contributed by atoms with Crippen LogP contribution in [0.25, 0.3) is 57.5 Å². The first-order chi connectivity index (χ1) is 15.7. The molecular formula is C27H21N5. The molecule has 0 saturated carbocycles. The van der Waals surface area contributed by atoms with Gasteiger partial charge in [0.15, 0.2) is 0 Å². The van der Waals surface area contributed by atoms with Crippen LogP contribution in [0.15, 0.2) is 66.7 Å². The van der Waals surface area contributed by atoms with Crippen molar-refractivity contribution in [3.63, 3.8) is 0 Å². The number of anilines is 1. The Morgan fingerprint density at radius 3 is 1.91 bits per heavy atom. The van der Waals surface area contributed by atoms with Crippen molar-refractivity contribution in [3.8, 4) is 11.1 Å². The number of aromatic nitrogens is 4. The fourth-order valence-corrected chi connectivity index (χ4v) is 4.10. The number of hydrogen-bond donors (Lipinski definition) is 3. The highest BCUT2D eigenvalue weighted by molar-refractivity contribution is 5.88. The Morgan fingerprint density at radius 1 is 0.625 bits per heavy atom. The SMILES string of the molecule is CNc1cccc(-c2cc3cc4nc(cc5ccc(cc6nc(cc2[nH]3)C=C6)[nH]5)C=C4)c1. The Bertz CT molecular complexity index is 1570. The molecule has 6 rings (SSSR count). The van der Waals surface area contributed by atoms with E-state index in [0.717, 1.165) is 61.7 Å². The summed E-state index contributed by atoms with van der Waals surface area (Å²) in [5, 5.41) is 3.22. The summed E-state index contributed by atoms with van der Waals surface area (Å²) in [6.07, 6.45) is 8.15. The van der Waals surface area contributed by atoms with Gasteiger partial charge in [-0.25, -0.2) is 9.97 Å². The molecule has 32 heavy (non-hydrogen) atoms. The number of fused-ring (bicyclic) bond motifs is 8.